The van der Waals surface area contributed by atoms with Gasteiger partial charge in [-0.3, -0.25) is 4.79 Å². The highest BCUT2D eigenvalue weighted by molar-refractivity contribution is 5.96. The zero-order chi connectivity index (χ0) is 17.6. The summed E-state index contributed by atoms with van der Waals surface area (Å²) in [5, 5.41) is 13.1. The Morgan fingerprint density at radius 2 is 2.04 bits per heavy atom. The fraction of sp³-hybridized carbons (Fsp3) is 0.389. The van der Waals surface area contributed by atoms with Crippen molar-refractivity contribution in [2.45, 2.75) is 12.5 Å². The topological polar surface area (TPSA) is 74.9 Å². The molecule has 130 valence electrons. The van der Waals surface area contributed by atoms with Crippen LogP contribution in [-0.2, 0) is 5.60 Å². The maximum Gasteiger partial charge on any atom is 0.255 e. The Balaban J connectivity index is 1.99. The Hall–Kier alpha value is -2.31. The fourth-order valence-electron chi connectivity index (χ4n) is 2.14. The molecule has 1 heterocycles. The van der Waals surface area contributed by atoms with Crippen LogP contribution < -0.4 is 10.1 Å². The zero-order valence-electron chi connectivity index (χ0n) is 14.3. The molecule has 1 atom stereocenters. The van der Waals surface area contributed by atoms with E-state index in [1.807, 2.05) is 25.1 Å². The highest BCUT2D eigenvalue weighted by Gasteiger charge is 2.27. The second-order valence-electron chi connectivity index (χ2n) is 6.08. The molecule has 2 aromatic rings. The summed E-state index contributed by atoms with van der Waals surface area (Å²) in [6, 6.07) is 10.4. The highest BCUT2D eigenvalue weighted by Crippen LogP contribution is 2.21. The minimum Gasteiger partial charge on any atom is -0.491 e. The molecular weight excluding hydrogens is 308 g/mol. The van der Waals surface area contributed by atoms with Gasteiger partial charge in [-0.05, 0) is 45.3 Å². The van der Waals surface area contributed by atoms with Crippen molar-refractivity contribution in [3.8, 4) is 5.75 Å². The lowest BCUT2D eigenvalue weighted by Gasteiger charge is -2.21. The first-order chi connectivity index (χ1) is 11.4. The molecule has 0 radical (unpaired) electrons. The molecule has 0 spiro atoms. The lowest BCUT2D eigenvalue weighted by Crippen LogP contribution is -2.38. The summed E-state index contributed by atoms with van der Waals surface area (Å²) < 4.78 is 10.9. The number of rotatable bonds is 8. The molecule has 0 fully saturated rings. The van der Waals surface area contributed by atoms with Gasteiger partial charge in [0.25, 0.3) is 5.91 Å². The van der Waals surface area contributed by atoms with Gasteiger partial charge in [0.2, 0.25) is 0 Å². The summed E-state index contributed by atoms with van der Waals surface area (Å²) in [5.74, 6) is 0.620. The Morgan fingerprint density at radius 1 is 1.29 bits per heavy atom. The number of hydrogen-bond acceptors (Lipinski definition) is 5. The summed E-state index contributed by atoms with van der Waals surface area (Å²) in [6.07, 6.45) is 1.49. The van der Waals surface area contributed by atoms with Gasteiger partial charge < -0.3 is 24.5 Å². The van der Waals surface area contributed by atoms with E-state index in [1.54, 1.807) is 37.3 Å². The molecule has 2 rings (SSSR count). The second-order valence-corrected chi connectivity index (χ2v) is 6.08. The van der Waals surface area contributed by atoms with Crippen LogP contribution >= 0.6 is 0 Å². The monoisotopic (exact) mass is 332 g/mol. The smallest absolute Gasteiger partial charge is 0.255 e. The van der Waals surface area contributed by atoms with E-state index < -0.39 is 5.60 Å². The largest absolute Gasteiger partial charge is 0.491 e. The number of carbonyl (C=O) groups excluding carboxylic acids is 1. The molecule has 24 heavy (non-hydrogen) atoms. The molecule has 1 aromatic carbocycles. The van der Waals surface area contributed by atoms with Gasteiger partial charge in [-0.1, -0.05) is 12.1 Å². The Kier molecular flexibility index (Phi) is 6.00. The van der Waals surface area contributed by atoms with E-state index in [-0.39, 0.29) is 12.5 Å². The maximum absolute atomic E-state index is 12.4. The van der Waals surface area contributed by atoms with Crippen LogP contribution in [0.3, 0.4) is 0 Å². The molecule has 0 saturated heterocycles. The third kappa shape index (κ3) is 4.84. The van der Waals surface area contributed by atoms with Crippen LogP contribution in [0.2, 0.25) is 0 Å². The summed E-state index contributed by atoms with van der Waals surface area (Å²) in [4.78, 5) is 14.4. The lowest BCUT2D eigenvalue weighted by atomic mass is 10.0. The Labute approximate surface area is 142 Å². The van der Waals surface area contributed by atoms with E-state index in [0.29, 0.717) is 23.7 Å². The molecular formula is C18H24N2O4. The molecule has 1 amide bonds. The predicted molar refractivity (Wildman–Crippen MR) is 91.1 cm³/mol. The van der Waals surface area contributed by atoms with Gasteiger partial charge in [-0.15, -0.1) is 0 Å². The summed E-state index contributed by atoms with van der Waals surface area (Å²) >= 11 is 0. The van der Waals surface area contributed by atoms with Crippen LogP contribution in [0.5, 0.6) is 5.75 Å². The van der Waals surface area contributed by atoms with E-state index >= 15 is 0 Å². The Bertz CT molecular complexity index is 651. The molecule has 0 aliphatic heterocycles. The average Bonchev–Trinajstić information content (AvgIpc) is 3.08. The predicted octanol–water partition coefficient (Wildman–Crippen LogP) is 1.86. The number of aliphatic hydroxyl groups is 1. The third-order valence-electron chi connectivity index (χ3n) is 3.57. The van der Waals surface area contributed by atoms with Gasteiger partial charge in [-0.25, -0.2) is 0 Å². The normalized spacial score (nSPS) is 13.5. The molecule has 6 nitrogen and oxygen atoms in total. The molecule has 6 heteroatoms. The van der Waals surface area contributed by atoms with Crippen molar-refractivity contribution in [2.24, 2.45) is 0 Å². The first-order valence-corrected chi connectivity index (χ1v) is 7.81. The fourth-order valence-corrected chi connectivity index (χ4v) is 2.14. The number of furan rings is 1. The first kappa shape index (κ1) is 18.0. The Morgan fingerprint density at radius 3 is 2.71 bits per heavy atom. The number of amides is 1. The minimum absolute atomic E-state index is 0.0331. The molecule has 0 aliphatic rings. The van der Waals surface area contributed by atoms with Gasteiger partial charge in [0.05, 0.1) is 18.4 Å². The van der Waals surface area contributed by atoms with Gasteiger partial charge in [0, 0.05) is 6.54 Å². The van der Waals surface area contributed by atoms with Gasteiger partial charge in [0.15, 0.2) is 0 Å². The SMILES string of the molecule is CN(C)CCOc1ccccc1C(=O)NCC(C)(O)c1ccco1. The van der Waals surface area contributed by atoms with Crippen molar-refractivity contribution in [2.75, 3.05) is 33.8 Å². The standard InChI is InChI=1S/C18H24N2O4/c1-18(22,16-9-6-11-24-16)13-19-17(21)14-7-4-5-8-15(14)23-12-10-20(2)3/h4-9,11,22H,10,12-13H2,1-3H3,(H,19,21). The number of nitrogens with zero attached hydrogens (tertiary/aromatic N) is 1. The maximum atomic E-state index is 12.4. The number of para-hydroxylation sites is 1. The van der Waals surface area contributed by atoms with E-state index in [0.717, 1.165) is 6.54 Å². The van der Waals surface area contributed by atoms with E-state index in [9.17, 15) is 9.90 Å². The van der Waals surface area contributed by atoms with Crippen molar-refractivity contribution in [1.29, 1.82) is 0 Å². The molecule has 0 bridgehead atoms. The number of likely N-dealkylation sites (N-methyl/N-ethyl adjacent to an activating group) is 1. The number of carbonyl (C=O) groups is 1. The number of ether oxygens (including phenoxy) is 1. The van der Waals surface area contributed by atoms with E-state index in [4.69, 9.17) is 9.15 Å². The summed E-state index contributed by atoms with van der Waals surface area (Å²) in [5.41, 5.74) is -0.841. The third-order valence-corrected chi connectivity index (χ3v) is 3.57. The molecule has 0 saturated carbocycles. The quantitative estimate of drug-likeness (QED) is 0.772. The van der Waals surface area contributed by atoms with E-state index in [1.165, 1.54) is 6.26 Å². The van der Waals surface area contributed by atoms with Gasteiger partial charge in [-0.2, -0.15) is 0 Å². The van der Waals surface area contributed by atoms with Crippen LogP contribution in [0.25, 0.3) is 0 Å². The van der Waals surface area contributed by atoms with Crippen molar-refractivity contribution in [3.63, 3.8) is 0 Å². The van der Waals surface area contributed by atoms with Crippen LogP contribution in [0, 0.1) is 0 Å². The second kappa shape index (κ2) is 7.99. The summed E-state index contributed by atoms with van der Waals surface area (Å²) in [7, 11) is 3.91. The number of benzene rings is 1. The van der Waals surface area contributed by atoms with Crippen molar-refractivity contribution in [3.05, 3.63) is 54.0 Å². The van der Waals surface area contributed by atoms with Crippen molar-refractivity contribution in [1.82, 2.24) is 10.2 Å². The summed E-state index contributed by atoms with van der Waals surface area (Å²) in [6.45, 7) is 2.86. The van der Waals surface area contributed by atoms with E-state index in [2.05, 4.69) is 5.32 Å². The molecule has 1 unspecified atom stereocenters. The van der Waals surface area contributed by atoms with Crippen LogP contribution in [0.4, 0.5) is 0 Å². The van der Waals surface area contributed by atoms with Gasteiger partial charge in [0.1, 0.15) is 23.7 Å². The van der Waals surface area contributed by atoms with Crippen LogP contribution in [0.15, 0.2) is 47.1 Å². The first-order valence-electron chi connectivity index (χ1n) is 7.81. The average molecular weight is 332 g/mol. The van der Waals surface area contributed by atoms with Crippen molar-refractivity contribution >= 4 is 5.91 Å². The highest BCUT2D eigenvalue weighted by atomic mass is 16.5. The number of nitrogens with one attached hydrogen (secondary N) is 1. The van der Waals surface area contributed by atoms with Crippen LogP contribution in [-0.4, -0.2) is 49.7 Å². The minimum atomic E-state index is -1.28. The zero-order valence-corrected chi connectivity index (χ0v) is 14.3. The lowest BCUT2D eigenvalue weighted by molar-refractivity contribution is 0.0329. The molecule has 0 aliphatic carbocycles. The molecule has 2 N–H and O–H groups in total. The van der Waals surface area contributed by atoms with Crippen LogP contribution in [0.1, 0.15) is 23.0 Å². The van der Waals surface area contributed by atoms with Crippen molar-refractivity contribution < 1.29 is 19.1 Å². The van der Waals surface area contributed by atoms with Gasteiger partial charge >= 0.3 is 0 Å². The number of hydrogen-bond donors (Lipinski definition) is 2. The molecule has 1 aromatic heterocycles.